The molecule has 0 saturated heterocycles. The Kier molecular flexibility index (Phi) is 2.03. The van der Waals surface area contributed by atoms with Crippen molar-refractivity contribution in [1.82, 2.24) is 4.57 Å². The number of aromatic nitrogens is 1. The van der Waals surface area contributed by atoms with Gasteiger partial charge in [-0.05, 0) is 41.5 Å². The van der Waals surface area contributed by atoms with Crippen molar-refractivity contribution in [3.63, 3.8) is 0 Å². The van der Waals surface area contributed by atoms with Crippen molar-refractivity contribution in [2.75, 3.05) is 4.90 Å². The fourth-order valence-corrected chi connectivity index (χ4v) is 3.42. The molecule has 1 aromatic heterocycles. The first-order valence-corrected chi connectivity index (χ1v) is 7.26. The Labute approximate surface area is 123 Å². The van der Waals surface area contributed by atoms with Crippen LogP contribution in [0.3, 0.4) is 0 Å². The highest BCUT2D eigenvalue weighted by Crippen LogP contribution is 2.42. The van der Waals surface area contributed by atoms with Crippen LogP contribution in [0.4, 0.5) is 5.69 Å². The highest BCUT2D eigenvalue weighted by Gasteiger charge is 2.28. The molecular weight excluding hydrogens is 256 g/mol. The predicted octanol–water partition coefficient (Wildman–Crippen LogP) is 4.31. The van der Waals surface area contributed by atoms with Crippen LogP contribution in [0.25, 0.3) is 17.5 Å². The molecule has 3 heterocycles. The van der Waals surface area contributed by atoms with Crippen molar-refractivity contribution in [3.8, 4) is 5.69 Å². The van der Waals surface area contributed by atoms with Crippen LogP contribution in [0.2, 0.25) is 0 Å². The molecule has 0 unspecified atom stereocenters. The molecule has 0 aliphatic carbocycles. The van der Waals surface area contributed by atoms with Gasteiger partial charge in [0.25, 0.3) is 0 Å². The second-order valence-corrected chi connectivity index (χ2v) is 5.57. The maximum absolute atomic E-state index is 2.42. The third-order valence-electron chi connectivity index (χ3n) is 4.41. The average Bonchev–Trinajstić information content (AvgIpc) is 3.03. The first-order chi connectivity index (χ1) is 10.4. The monoisotopic (exact) mass is 270 g/mol. The zero-order chi connectivity index (χ0) is 13.8. The molecule has 0 radical (unpaired) electrons. The molecule has 5 rings (SSSR count). The van der Waals surface area contributed by atoms with E-state index in [1.54, 1.807) is 0 Å². The van der Waals surface area contributed by atoms with Gasteiger partial charge in [0.05, 0.1) is 22.8 Å². The molecule has 2 nitrogen and oxygen atoms in total. The van der Waals surface area contributed by atoms with E-state index in [1.807, 2.05) is 0 Å². The molecule has 2 aliphatic heterocycles. The van der Waals surface area contributed by atoms with Crippen LogP contribution in [-0.4, -0.2) is 4.57 Å². The number of hydrogen-bond donors (Lipinski definition) is 0. The molecule has 0 amide bonds. The Bertz CT molecular complexity index is 886. The van der Waals surface area contributed by atoms with E-state index in [1.165, 1.54) is 33.9 Å². The Balaban J connectivity index is 1.84. The lowest BCUT2D eigenvalue weighted by molar-refractivity contribution is 0.902. The molecule has 2 aromatic carbocycles. The topological polar surface area (TPSA) is 8.17 Å². The lowest BCUT2D eigenvalue weighted by Gasteiger charge is -2.37. The third-order valence-corrected chi connectivity index (χ3v) is 4.41. The minimum atomic E-state index is 0.935. The summed E-state index contributed by atoms with van der Waals surface area (Å²) in [5.41, 5.74) is 7.81. The first kappa shape index (κ1) is 11.0. The van der Waals surface area contributed by atoms with Crippen molar-refractivity contribution < 1.29 is 0 Å². The van der Waals surface area contributed by atoms with Crippen molar-refractivity contribution in [2.24, 2.45) is 0 Å². The minimum absolute atomic E-state index is 0.935. The van der Waals surface area contributed by atoms with Crippen molar-refractivity contribution in [3.05, 3.63) is 83.7 Å². The standard InChI is InChI=1S/C19H14N2/c1-2-7-15-13-21-17-9-4-3-8-16(17)20-11-5-10-18(20)19(21)12-14(15)6-1/h1-12H,13H2. The summed E-state index contributed by atoms with van der Waals surface area (Å²) in [6, 6.07) is 21.6. The smallest absolute Gasteiger partial charge is 0.0694 e. The molecule has 0 saturated carbocycles. The van der Waals surface area contributed by atoms with Crippen molar-refractivity contribution in [2.45, 2.75) is 6.54 Å². The van der Waals surface area contributed by atoms with E-state index in [0.29, 0.717) is 0 Å². The van der Waals surface area contributed by atoms with Crippen LogP contribution in [-0.2, 0) is 6.54 Å². The highest BCUT2D eigenvalue weighted by atomic mass is 15.2. The number of nitrogens with zero attached hydrogens (tertiary/aromatic N) is 2. The predicted molar refractivity (Wildman–Crippen MR) is 86.3 cm³/mol. The van der Waals surface area contributed by atoms with Crippen LogP contribution in [0, 0.1) is 0 Å². The van der Waals surface area contributed by atoms with E-state index < -0.39 is 0 Å². The lowest BCUT2D eigenvalue weighted by Crippen LogP contribution is -2.29. The van der Waals surface area contributed by atoms with E-state index in [-0.39, 0.29) is 0 Å². The molecule has 0 N–H and O–H groups in total. The summed E-state index contributed by atoms with van der Waals surface area (Å²) in [4.78, 5) is 2.42. The maximum atomic E-state index is 2.42. The largest absolute Gasteiger partial charge is 0.334 e. The van der Waals surface area contributed by atoms with E-state index in [9.17, 15) is 0 Å². The number of anilines is 1. The number of rotatable bonds is 0. The molecule has 3 aromatic rings. The normalized spacial score (nSPS) is 14.7. The summed E-state index contributed by atoms with van der Waals surface area (Å²) < 4.78 is 2.28. The molecule has 0 fully saturated rings. The molecule has 2 heteroatoms. The van der Waals surface area contributed by atoms with Gasteiger partial charge in [-0.25, -0.2) is 0 Å². The summed E-state index contributed by atoms with van der Waals surface area (Å²) in [6.45, 7) is 0.935. The summed E-state index contributed by atoms with van der Waals surface area (Å²) in [5, 5.41) is 0. The van der Waals surface area contributed by atoms with E-state index >= 15 is 0 Å². The lowest BCUT2D eigenvalue weighted by atomic mass is 9.98. The summed E-state index contributed by atoms with van der Waals surface area (Å²) >= 11 is 0. The maximum Gasteiger partial charge on any atom is 0.0694 e. The van der Waals surface area contributed by atoms with Gasteiger partial charge in [-0.15, -0.1) is 0 Å². The molecule has 0 bridgehead atoms. The van der Waals surface area contributed by atoms with E-state index in [2.05, 4.69) is 82.4 Å². The average molecular weight is 270 g/mol. The van der Waals surface area contributed by atoms with Gasteiger partial charge in [0, 0.05) is 12.7 Å². The van der Waals surface area contributed by atoms with Gasteiger partial charge in [0.15, 0.2) is 0 Å². The van der Waals surface area contributed by atoms with E-state index in [4.69, 9.17) is 0 Å². The van der Waals surface area contributed by atoms with Gasteiger partial charge in [0.1, 0.15) is 0 Å². The van der Waals surface area contributed by atoms with Crippen LogP contribution >= 0.6 is 0 Å². The van der Waals surface area contributed by atoms with Gasteiger partial charge in [-0.1, -0.05) is 36.4 Å². The molecule has 100 valence electrons. The molecule has 0 spiro atoms. The fourth-order valence-electron chi connectivity index (χ4n) is 3.42. The Hall–Kier alpha value is -2.74. The van der Waals surface area contributed by atoms with Crippen LogP contribution in [0.1, 0.15) is 16.8 Å². The fraction of sp³-hybridized carbons (Fsp3) is 0.0526. The molecule has 21 heavy (non-hydrogen) atoms. The van der Waals surface area contributed by atoms with Gasteiger partial charge >= 0.3 is 0 Å². The Morgan fingerprint density at radius 2 is 1.57 bits per heavy atom. The SMILES string of the molecule is C1=C2c3cccn3-c3ccccc3N2Cc2ccccc21. The van der Waals surface area contributed by atoms with Crippen LogP contribution in [0.15, 0.2) is 66.9 Å². The third kappa shape index (κ3) is 1.42. The van der Waals surface area contributed by atoms with Crippen LogP contribution in [0.5, 0.6) is 0 Å². The van der Waals surface area contributed by atoms with Gasteiger partial charge in [0.2, 0.25) is 0 Å². The highest BCUT2D eigenvalue weighted by molar-refractivity contribution is 5.96. The van der Waals surface area contributed by atoms with Crippen molar-refractivity contribution >= 4 is 17.5 Å². The van der Waals surface area contributed by atoms with Crippen LogP contribution < -0.4 is 4.90 Å². The summed E-state index contributed by atoms with van der Waals surface area (Å²) in [6.07, 6.45) is 4.45. The molecular formula is C19H14N2. The molecule has 0 atom stereocenters. The van der Waals surface area contributed by atoms with E-state index in [0.717, 1.165) is 6.54 Å². The number of fused-ring (bicyclic) bond motifs is 7. The minimum Gasteiger partial charge on any atom is -0.334 e. The second-order valence-electron chi connectivity index (χ2n) is 5.57. The second kappa shape index (κ2) is 3.89. The van der Waals surface area contributed by atoms with Gasteiger partial charge < -0.3 is 9.47 Å². The van der Waals surface area contributed by atoms with Crippen molar-refractivity contribution in [1.29, 1.82) is 0 Å². The zero-order valence-electron chi connectivity index (χ0n) is 11.5. The van der Waals surface area contributed by atoms with Gasteiger partial charge in [-0.2, -0.15) is 0 Å². The number of benzene rings is 2. The number of para-hydroxylation sites is 2. The Morgan fingerprint density at radius 3 is 2.52 bits per heavy atom. The number of hydrogen-bond acceptors (Lipinski definition) is 1. The first-order valence-electron chi connectivity index (χ1n) is 7.26. The van der Waals surface area contributed by atoms with Gasteiger partial charge in [-0.3, -0.25) is 0 Å². The quantitative estimate of drug-likeness (QED) is 0.591. The zero-order valence-corrected chi connectivity index (χ0v) is 11.5. The summed E-state index contributed by atoms with van der Waals surface area (Å²) in [5.74, 6) is 0. The summed E-state index contributed by atoms with van der Waals surface area (Å²) in [7, 11) is 0. The molecule has 2 aliphatic rings. The Morgan fingerprint density at radius 1 is 0.762 bits per heavy atom.